The summed E-state index contributed by atoms with van der Waals surface area (Å²) in [5.41, 5.74) is 3.28. The number of likely N-dealkylation sites (tertiary alicyclic amines) is 1. The van der Waals surface area contributed by atoms with Crippen molar-refractivity contribution in [2.24, 2.45) is 0 Å². The molecule has 41 heavy (non-hydrogen) atoms. The Morgan fingerprint density at radius 1 is 0.829 bits per heavy atom. The van der Waals surface area contributed by atoms with E-state index in [-0.39, 0.29) is 11.5 Å². The lowest BCUT2D eigenvalue weighted by molar-refractivity contribution is 0.0171. The highest BCUT2D eigenvalue weighted by Crippen LogP contribution is 2.37. The topological polar surface area (TPSA) is 93.9 Å². The predicted molar refractivity (Wildman–Crippen MR) is 156 cm³/mol. The van der Waals surface area contributed by atoms with E-state index in [0.717, 1.165) is 55.7 Å². The van der Waals surface area contributed by atoms with Gasteiger partial charge in [-0.15, -0.1) is 0 Å². The highest BCUT2D eigenvalue weighted by atomic mass is 16.5. The van der Waals surface area contributed by atoms with E-state index in [2.05, 4.69) is 9.47 Å². The molecular formula is C33H35N3O5. The third kappa shape index (κ3) is 6.12. The van der Waals surface area contributed by atoms with Crippen LogP contribution in [0.5, 0.6) is 11.5 Å². The lowest BCUT2D eigenvalue weighted by Gasteiger charge is -2.25. The molecular weight excluding hydrogens is 518 g/mol. The molecule has 1 saturated heterocycles. The second-order valence-electron chi connectivity index (χ2n) is 11.0. The molecule has 8 nitrogen and oxygen atoms in total. The van der Waals surface area contributed by atoms with E-state index < -0.39 is 5.97 Å². The number of carboxylic acids is 1. The van der Waals surface area contributed by atoms with Crippen LogP contribution in [0, 0.1) is 0 Å². The lowest BCUT2D eigenvalue weighted by atomic mass is 9.95. The number of piperidine rings is 1. The van der Waals surface area contributed by atoms with Gasteiger partial charge in [-0.3, -0.25) is 4.90 Å². The van der Waals surface area contributed by atoms with Crippen LogP contribution in [0.4, 0.5) is 0 Å². The quantitative estimate of drug-likeness (QED) is 0.229. The summed E-state index contributed by atoms with van der Waals surface area (Å²) in [4.78, 5) is 31.3. The number of hydrogen-bond acceptors (Lipinski definition) is 6. The fourth-order valence-corrected chi connectivity index (χ4v) is 5.96. The number of nitrogens with zero attached hydrogens (tertiary/aromatic N) is 3. The molecule has 4 aromatic rings. The fraction of sp³-hybridized carbons (Fsp3) is 0.364. The smallest absolute Gasteiger partial charge is 0.339 e. The predicted octanol–water partition coefficient (Wildman–Crippen LogP) is 7.30. The Kier molecular flexibility index (Phi) is 8.00. The maximum Gasteiger partial charge on any atom is 0.339 e. The molecule has 2 aliphatic rings. The molecule has 1 aromatic heterocycles. The fourth-order valence-electron chi connectivity index (χ4n) is 5.96. The number of aromatic nitrogens is 2. The number of carbonyl (C=O) groups excluding carboxylic acids is 1. The van der Waals surface area contributed by atoms with Crippen molar-refractivity contribution < 1.29 is 24.2 Å². The van der Waals surface area contributed by atoms with E-state index in [9.17, 15) is 14.7 Å². The zero-order valence-corrected chi connectivity index (χ0v) is 23.1. The number of fused-ring (bicyclic) bond motifs is 1. The van der Waals surface area contributed by atoms with Gasteiger partial charge in [0.1, 0.15) is 24.1 Å². The molecule has 0 bridgehead atoms. The molecule has 0 amide bonds. The number of imidazole rings is 1. The SMILES string of the molecule is O=C(O)c1ccc2c(c1)nc(-c1ccc(Oc3cccc(C(=O)OCN4CCCCC4)c3)cc1)n2C1CCCCC1. The van der Waals surface area contributed by atoms with Crippen LogP contribution in [-0.4, -0.2) is 51.3 Å². The van der Waals surface area contributed by atoms with Crippen LogP contribution in [0.1, 0.15) is 78.1 Å². The summed E-state index contributed by atoms with van der Waals surface area (Å²) in [5.74, 6) is 0.715. The highest BCUT2D eigenvalue weighted by molar-refractivity contribution is 5.93. The van der Waals surface area contributed by atoms with Gasteiger partial charge in [0.05, 0.1) is 22.2 Å². The molecule has 2 fully saturated rings. The molecule has 0 spiro atoms. The number of esters is 1. The molecule has 0 unspecified atom stereocenters. The largest absolute Gasteiger partial charge is 0.478 e. The average molecular weight is 554 g/mol. The zero-order chi connectivity index (χ0) is 28.2. The maximum atomic E-state index is 12.6. The summed E-state index contributed by atoms with van der Waals surface area (Å²) < 4.78 is 13.9. The third-order valence-electron chi connectivity index (χ3n) is 8.12. The minimum Gasteiger partial charge on any atom is -0.478 e. The number of carboxylic acid groups (broad SMARTS) is 1. The maximum absolute atomic E-state index is 12.6. The first kappa shape index (κ1) is 27.0. The van der Waals surface area contributed by atoms with Crippen LogP contribution < -0.4 is 4.74 Å². The minimum absolute atomic E-state index is 0.235. The van der Waals surface area contributed by atoms with Gasteiger partial charge < -0.3 is 19.1 Å². The van der Waals surface area contributed by atoms with Gasteiger partial charge in [0.15, 0.2) is 0 Å². The summed E-state index contributed by atoms with van der Waals surface area (Å²) in [6.07, 6.45) is 9.27. The van der Waals surface area contributed by atoms with Crippen LogP contribution in [0.25, 0.3) is 22.4 Å². The summed E-state index contributed by atoms with van der Waals surface area (Å²) in [5, 5.41) is 9.49. The molecule has 1 saturated carbocycles. The summed E-state index contributed by atoms with van der Waals surface area (Å²) in [7, 11) is 0. The van der Waals surface area contributed by atoms with Crippen molar-refractivity contribution in [1.82, 2.24) is 14.5 Å². The van der Waals surface area contributed by atoms with Gasteiger partial charge in [0.2, 0.25) is 0 Å². The van der Waals surface area contributed by atoms with Crippen LogP contribution >= 0.6 is 0 Å². The van der Waals surface area contributed by atoms with Crippen LogP contribution in [0.15, 0.2) is 66.7 Å². The number of carbonyl (C=O) groups is 2. The van der Waals surface area contributed by atoms with Crippen molar-refractivity contribution >= 4 is 23.0 Å². The second-order valence-corrected chi connectivity index (χ2v) is 11.0. The molecule has 212 valence electrons. The van der Waals surface area contributed by atoms with E-state index in [0.29, 0.717) is 35.4 Å². The van der Waals surface area contributed by atoms with E-state index in [1.54, 1.807) is 30.3 Å². The van der Waals surface area contributed by atoms with Gasteiger partial charge in [-0.05, 0) is 86.3 Å². The molecule has 3 aromatic carbocycles. The molecule has 1 N–H and O–H groups in total. The Bertz CT molecular complexity index is 1530. The first-order valence-electron chi connectivity index (χ1n) is 14.6. The number of aromatic carboxylic acids is 1. The third-order valence-corrected chi connectivity index (χ3v) is 8.12. The molecule has 1 aliphatic carbocycles. The Morgan fingerprint density at radius 3 is 2.34 bits per heavy atom. The van der Waals surface area contributed by atoms with E-state index >= 15 is 0 Å². The molecule has 1 aliphatic heterocycles. The van der Waals surface area contributed by atoms with Crippen molar-refractivity contribution in [3.05, 3.63) is 77.9 Å². The summed E-state index contributed by atoms with van der Waals surface area (Å²) in [6, 6.07) is 20.3. The van der Waals surface area contributed by atoms with Crippen molar-refractivity contribution in [3.8, 4) is 22.9 Å². The molecule has 6 rings (SSSR count). The van der Waals surface area contributed by atoms with Gasteiger partial charge >= 0.3 is 11.9 Å². The first-order valence-corrected chi connectivity index (χ1v) is 14.6. The number of hydrogen-bond donors (Lipinski definition) is 1. The van der Waals surface area contributed by atoms with Gasteiger partial charge in [-0.1, -0.05) is 31.7 Å². The van der Waals surface area contributed by atoms with Crippen molar-refractivity contribution in [3.63, 3.8) is 0 Å². The average Bonchev–Trinajstić information content (AvgIpc) is 3.40. The summed E-state index contributed by atoms with van der Waals surface area (Å²) in [6.45, 7) is 2.24. The van der Waals surface area contributed by atoms with Crippen LogP contribution in [-0.2, 0) is 4.74 Å². The van der Waals surface area contributed by atoms with Gasteiger partial charge in [-0.25, -0.2) is 14.6 Å². The van der Waals surface area contributed by atoms with Gasteiger partial charge in [0.25, 0.3) is 0 Å². The molecule has 0 atom stereocenters. The van der Waals surface area contributed by atoms with Gasteiger partial charge in [-0.2, -0.15) is 0 Å². The van der Waals surface area contributed by atoms with Crippen molar-refractivity contribution in [2.75, 3.05) is 19.8 Å². The van der Waals surface area contributed by atoms with E-state index in [1.807, 2.05) is 36.4 Å². The van der Waals surface area contributed by atoms with Crippen LogP contribution in [0.3, 0.4) is 0 Å². The zero-order valence-electron chi connectivity index (χ0n) is 23.1. The Hall–Kier alpha value is -4.17. The van der Waals surface area contributed by atoms with E-state index in [1.165, 1.54) is 25.7 Å². The molecule has 0 radical (unpaired) electrons. The number of ether oxygens (including phenoxy) is 2. The molecule has 2 heterocycles. The van der Waals surface area contributed by atoms with Crippen LogP contribution in [0.2, 0.25) is 0 Å². The minimum atomic E-state index is -0.957. The summed E-state index contributed by atoms with van der Waals surface area (Å²) >= 11 is 0. The normalized spacial score (nSPS) is 16.5. The number of benzene rings is 3. The van der Waals surface area contributed by atoms with Crippen molar-refractivity contribution in [1.29, 1.82) is 0 Å². The Balaban J connectivity index is 1.20. The van der Waals surface area contributed by atoms with E-state index in [4.69, 9.17) is 14.5 Å². The Labute approximate surface area is 239 Å². The highest BCUT2D eigenvalue weighted by Gasteiger charge is 2.23. The standard InChI is InChI=1S/C33H35N3O5/c37-32(38)24-14-17-30-29(21-24)34-31(36(30)26-9-3-1-4-10-26)23-12-15-27(16-13-23)41-28-11-7-8-25(20-28)33(39)40-22-35-18-5-2-6-19-35/h7-8,11-17,20-21,26H,1-6,9-10,18-19,22H2,(H,37,38). The number of rotatable bonds is 8. The Morgan fingerprint density at radius 2 is 1.59 bits per heavy atom. The monoisotopic (exact) mass is 553 g/mol. The lowest BCUT2D eigenvalue weighted by Crippen LogP contribution is -2.32. The van der Waals surface area contributed by atoms with Crippen molar-refractivity contribution in [2.45, 2.75) is 57.4 Å². The van der Waals surface area contributed by atoms with Gasteiger partial charge in [0, 0.05) is 24.7 Å². The molecule has 8 heteroatoms. The first-order chi connectivity index (χ1) is 20.0. The second kappa shape index (κ2) is 12.1.